The van der Waals surface area contributed by atoms with E-state index in [1.165, 1.54) is 164 Å². The number of rotatable bonds is 28. The molecule has 0 radical (unpaired) electrons. The third-order valence-electron chi connectivity index (χ3n) is 11.6. The quantitative estimate of drug-likeness (QED) is 0.0522. The average molecular weight is 703 g/mol. The zero-order valence-electron chi connectivity index (χ0n) is 32.9. The van der Waals surface area contributed by atoms with Gasteiger partial charge in [0.1, 0.15) is 0 Å². The maximum atomic E-state index is 2.49. The Labute approximate surface area is 306 Å². The fraction of sp³-hybridized carbons (Fsp3) is 0.617. The zero-order chi connectivity index (χ0) is 35.1. The van der Waals surface area contributed by atoms with Crippen molar-refractivity contribution in [3.05, 3.63) is 95.6 Å². The molecule has 0 unspecified atom stereocenters. The van der Waals surface area contributed by atoms with Crippen molar-refractivity contribution in [3.63, 3.8) is 0 Å². The van der Waals surface area contributed by atoms with Crippen LogP contribution in [0.15, 0.2) is 78.9 Å². The van der Waals surface area contributed by atoms with Crippen LogP contribution in [0.25, 0.3) is 0 Å². The summed E-state index contributed by atoms with van der Waals surface area (Å²) >= 11 is 0. The topological polar surface area (TPSA) is 0 Å². The van der Waals surface area contributed by atoms with E-state index in [9.17, 15) is 0 Å². The normalized spacial score (nSPS) is 12.7. The molecule has 0 amide bonds. The summed E-state index contributed by atoms with van der Waals surface area (Å²) in [7, 11) is -0.394. The summed E-state index contributed by atoms with van der Waals surface area (Å²) in [4.78, 5) is 0. The number of aryl methyl sites for hydroxylation is 2. The van der Waals surface area contributed by atoms with Crippen LogP contribution in [0.4, 0.5) is 0 Å². The molecule has 0 aliphatic rings. The van der Waals surface area contributed by atoms with Crippen LogP contribution in [0.1, 0.15) is 153 Å². The molecule has 3 aromatic rings. The van der Waals surface area contributed by atoms with Crippen LogP contribution < -0.4 is 10.6 Å². The number of hydrogen-bond acceptors (Lipinski definition) is 0. The molecule has 0 heterocycles. The van der Waals surface area contributed by atoms with Crippen molar-refractivity contribution in [3.8, 4) is 0 Å². The van der Waals surface area contributed by atoms with E-state index in [4.69, 9.17) is 0 Å². The van der Waals surface area contributed by atoms with Gasteiger partial charge in [-0.25, -0.2) is 0 Å². The van der Waals surface area contributed by atoms with Crippen molar-refractivity contribution >= 4 is 25.1 Å². The summed E-state index contributed by atoms with van der Waals surface area (Å²) in [5.41, 5.74) is 4.39. The predicted molar refractivity (Wildman–Crippen MR) is 230 cm³/mol. The molecular weight excluding hydrogens is 626 g/mol. The molecule has 0 aromatic heterocycles. The van der Waals surface area contributed by atoms with Gasteiger partial charge in [-0.1, -0.05) is 0 Å². The van der Waals surface area contributed by atoms with Crippen LogP contribution in [-0.4, -0.2) is 30.8 Å². The van der Waals surface area contributed by atoms with Gasteiger partial charge in [0.2, 0.25) is 0 Å². The molecule has 3 aromatic carbocycles. The van der Waals surface area contributed by atoms with E-state index < -0.39 is 14.5 Å². The Morgan fingerprint density at radius 1 is 0.408 bits per heavy atom. The summed E-state index contributed by atoms with van der Waals surface area (Å²) < 4.78 is 0. The third-order valence-corrected chi connectivity index (χ3v) is 21.9. The molecule has 0 saturated carbocycles. The minimum atomic E-state index is -2.15. The predicted octanol–water partition coefficient (Wildman–Crippen LogP) is 14.6. The van der Waals surface area contributed by atoms with E-state index in [2.05, 4.69) is 113 Å². The molecule has 274 valence electrons. The van der Waals surface area contributed by atoms with Crippen LogP contribution >= 0.6 is 14.5 Å². The van der Waals surface area contributed by atoms with Gasteiger partial charge < -0.3 is 0 Å². The van der Waals surface area contributed by atoms with Crippen molar-refractivity contribution in [1.82, 2.24) is 0 Å². The summed E-state index contributed by atoms with van der Waals surface area (Å²) in [5, 5.41) is 3.17. The summed E-state index contributed by atoms with van der Waals surface area (Å²) in [6, 6.07) is 31.2. The molecule has 0 aliphatic carbocycles. The standard InChI is InChI=1S/C47H76P2/c1-6-9-12-15-18-24-38-49(39-25-19-16-13-10-7-2,40-26-20-17-14-11-8-3,42-45-27-22-21-23-28-45)41-37-48(46-33-29-43(4)30-34-46)47-35-31-44(5)32-36-47/h21-23,27-36H,6-20,24-26,37-42H2,1-5H3. The molecular formula is C47H76P2. The number of unbranched alkanes of at least 4 members (excludes halogenated alkanes) is 15. The maximum absolute atomic E-state index is 2.49. The molecule has 0 N–H and O–H groups in total. The van der Waals surface area contributed by atoms with Gasteiger partial charge in [-0.2, -0.15) is 0 Å². The molecule has 3 rings (SSSR count). The fourth-order valence-corrected chi connectivity index (χ4v) is 19.8. The Balaban J connectivity index is 2.05. The summed E-state index contributed by atoms with van der Waals surface area (Å²) in [6.07, 6.45) is 34.2. The van der Waals surface area contributed by atoms with Crippen molar-refractivity contribution in [2.45, 2.75) is 156 Å². The second kappa shape index (κ2) is 23.9. The fourth-order valence-electron chi connectivity index (χ4n) is 8.34. The van der Waals surface area contributed by atoms with Gasteiger partial charge in [0, 0.05) is 0 Å². The van der Waals surface area contributed by atoms with Crippen LogP contribution in [-0.2, 0) is 6.16 Å². The first kappa shape index (κ1) is 41.9. The number of hydrogen-bond donors (Lipinski definition) is 0. The van der Waals surface area contributed by atoms with E-state index in [1.54, 1.807) is 16.2 Å². The van der Waals surface area contributed by atoms with Crippen LogP contribution in [0.5, 0.6) is 0 Å². The molecule has 0 bridgehead atoms. The van der Waals surface area contributed by atoms with Gasteiger partial charge >= 0.3 is 308 Å². The molecule has 2 heteroatoms. The molecule has 49 heavy (non-hydrogen) atoms. The Hall–Kier alpha value is -1.48. The van der Waals surface area contributed by atoms with E-state index in [0.717, 1.165) is 0 Å². The first-order valence-electron chi connectivity index (χ1n) is 20.9. The summed E-state index contributed by atoms with van der Waals surface area (Å²) in [6.45, 7) is 9.40. The zero-order valence-corrected chi connectivity index (χ0v) is 34.7. The molecule has 0 atom stereocenters. The van der Waals surface area contributed by atoms with Crippen LogP contribution in [0.2, 0.25) is 0 Å². The Bertz CT molecular complexity index is 1140. The molecule has 0 spiro atoms. The minimum absolute atomic E-state index is 0.394. The van der Waals surface area contributed by atoms with Crippen LogP contribution in [0, 0.1) is 13.8 Å². The molecule has 0 aliphatic heterocycles. The first-order chi connectivity index (χ1) is 23.9. The van der Waals surface area contributed by atoms with E-state index >= 15 is 0 Å². The SMILES string of the molecule is CCCCCCCCP(CCCCCCCC)(CCCCCCCC)(CCP(c1ccc(C)cc1)c1ccc(C)cc1)Cc1ccccc1. The second-order valence-corrected chi connectivity index (χ2v) is 24.8. The Morgan fingerprint density at radius 3 is 1.16 bits per heavy atom. The third kappa shape index (κ3) is 15.3. The van der Waals surface area contributed by atoms with Crippen molar-refractivity contribution in [2.24, 2.45) is 0 Å². The van der Waals surface area contributed by atoms with E-state index in [0.29, 0.717) is 0 Å². The van der Waals surface area contributed by atoms with Gasteiger partial charge in [0.15, 0.2) is 0 Å². The van der Waals surface area contributed by atoms with Gasteiger partial charge in [-0.15, -0.1) is 0 Å². The molecule has 0 nitrogen and oxygen atoms in total. The van der Waals surface area contributed by atoms with Crippen molar-refractivity contribution in [2.75, 3.05) is 30.8 Å². The average Bonchev–Trinajstić information content (AvgIpc) is 3.11. The van der Waals surface area contributed by atoms with Gasteiger partial charge in [-0.05, 0) is 0 Å². The van der Waals surface area contributed by atoms with E-state index in [-0.39, 0.29) is 0 Å². The Morgan fingerprint density at radius 2 is 0.776 bits per heavy atom. The number of benzene rings is 3. The molecule has 0 fully saturated rings. The van der Waals surface area contributed by atoms with Crippen LogP contribution in [0.3, 0.4) is 0 Å². The second-order valence-electron chi connectivity index (χ2n) is 15.9. The Kier molecular flexibility index (Phi) is 20.4. The van der Waals surface area contributed by atoms with Gasteiger partial charge in [0.05, 0.1) is 0 Å². The first-order valence-corrected chi connectivity index (χ1v) is 25.6. The van der Waals surface area contributed by atoms with E-state index in [1.807, 2.05) is 0 Å². The molecule has 0 saturated heterocycles. The summed E-state index contributed by atoms with van der Waals surface area (Å²) in [5.74, 6) is 0. The van der Waals surface area contributed by atoms with Crippen molar-refractivity contribution < 1.29 is 0 Å². The monoisotopic (exact) mass is 703 g/mol. The van der Waals surface area contributed by atoms with Gasteiger partial charge in [0.25, 0.3) is 0 Å². The van der Waals surface area contributed by atoms with Gasteiger partial charge in [-0.3, -0.25) is 0 Å². The van der Waals surface area contributed by atoms with Crippen molar-refractivity contribution in [1.29, 1.82) is 0 Å².